The minimum absolute atomic E-state index is 0.0236. The van der Waals surface area contributed by atoms with Gasteiger partial charge < -0.3 is 25.0 Å². The second-order valence-corrected chi connectivity index (χ2v) is 9.56. The summed E-state index contributed by atoms with van der Waals surface area (Å²) >= 11 is 1.38. The molecule has 8 nitrogen and oxygen atoms in total. The highest BCUT2D eigenvalue weighted by Gasteiger charge is 2.37. The van der Waals surface area contributed by atoms with Crippen molar-refractivity contribution in [2.45, 2.75) is 64.2 Å². The maximum atomic E-state index is 13.4. The first kappa shape index (κ1) is 23.1. The molecule has 4 rings (SSSR count). The van der Waals surface area contributed by atoms with Gasteiger partial charge in [0, 0.05) is 23.5 Å². The van der Waals surface area contributed by atoms with E-state index in [-0.39, 0.29) is 31.3 Å². The van der Waals surface area contributed by atoms with Crippen LogP contribution in [0.5, 0.6) is 11.5 Å². The molecule has 1 atom stereocenters. The third-order valence-electron chi connectivity index (χ3n) is 5.92. The summed E-state index contributed by atoms with van der Waals surface area (Å²) in [7, 11) is 0. The van der Waals surface area contributed by atoms with Crippen LogP contribution in [0.3, 0.4) is 0 Å². The lowest BCUT2D eigenvalue weighted by Crippen LogP contribution is -2.52. The van der Waals surface area contributed by atoms with E-state index in [2.05, 4.69) is 10.6 Å². The fraction of sp³-hybridized carbons (Fsp3) is 0.458. The Kier molecular flexibility index (Phi) is 7.17. The molecule has 1 aliphatic heterocycles. The van der Waals surface area contributed by atoms with Crippen molar-refractivity contribution in [1.29, 1.82) is 0 Å². The molecular weight excluding hydrogens is 442 g/mol. The molecule has 3 amide bonds. The van der Waals surface area contributed by atoms with Gasteiger partial charge in [-0.2, -0.15) is 0 Å². The quantitative estimate of drug-likeness (QED) is 0.605. The smallest absolute Gasteiger partial charge is 0.313 e. The van der Waals surface area contributed by atoms with E-state index in [1.165, 1.54) is 16.2 Å². The van der Waals surface area contributed by atoms with Crippen LogP contribution in [0, 0.1) is 0 Å². The van der Waals surface area contributed by atoms with Gasteiger partial charge in [0.05, 0.1) is 0 Å². The minimum Gasteiger partial charge on any atom is -0.454 e. The molecule has 0 radical (unpaired) electrons. The molecule has 1 fully saturated rings. The van der Waals surface area contributed by atoms with Crippen LogP contribution in [0.2, 0.25) is 0 Å². The van der Waals surface area contributed by atoms with Crippen LogP contribution in [0.4, 0.5) is 0 Å². The first-order valence-corrected chi connectivity index (χ1v) is 12.1. The fourth-order valence-electron chi connectivity index (χ4n) is 4.26. The number of benzene rings is 1. The second kappa shape index (κ2) is 10.2. The molecule has 176 valence electrons. The Balaban J connectivity index is 1.51. The third-order valence-corrected chi connectivity index (χ3v) is 6.84. The zero-order chi connectivity index (χ0) is 23.4. The van der Waals surface area contributed by atoms with Crippen LogP contribution in [0.15, 0.2) is 35.7 Å². The molecule has 0 spiro atoms. The number of ether oxygens (including phenoxy) is 2. The van der Waals surface area contributed by atoms with Gasteiger partial charge in [-0.15, -0.1) is 11.3 Å². The number of hydrogen-bond acceptors (Lipinski definition) is 6. The first-order valence-electron chi connectivity index (χ1n) is 11.3. The van der Waals surface area contributed by atoms with E-state index in [0.29, 0.717) is 16.4 Å². The van der Waals surface area contributed by atoms with Gasteiger partial charge in [-0.25, -0.2) is 0 Å². The molecular formula is C24H29N3O5S. The molecule has 1 unspecified atom stereocenters. The van der Waals surface area contributed by atoms with Gasteiger partial charge in [0.25, 0.3) is 0 Å². The number of amides is 3. The number of fused-ring (bicyclic) bond motifs is 1. The van der Waals surface area contributed by atoms with Crippen molar-refractivity contribution in [3.8, 4) is 11.5 Å². The van der Waals surface area contributed by atoms with Crippen LogP contribution < -0.4 is 20.1 Å². The van der Waals surface area contributed by atoms with E-state index < -0.39 is 17.9 Å². The Labute approximate surface area is 197 Å². The first-order chi connectivity index (χ1) is 15.9. The average molecular weight is 472 g/mol. The number of nitrogens with zero attached hydrogens (tertiary/aromatic N) is 1. The molecule has 9 heteroatoms. The molecule has 1 saturated carbocycles. The van der Waals surface area contributed by atoms with Crippen LogP contribution in [-0.2, 0) is 20.9 Å². The highest BCUT2D eigenvalue weighted by Crippen LogP contribution is 2.33. The number of carbonyl (C=O) groups excluding carboxylic acids is 3. The SMILES string of the molecule is CC(C)N(C(=O)C(=O)NC1CCCC1)C(C(=O)NCc1ccc2c(c1)OCO2)c1cccs1. The Morgan fingerprint density at radius 1 is 1.12 bits per heavy atom. The van der Waals surface area contributed by atoms with E-state index in [1.807, 2.05) is 43.5 Å². The molecule has 2 N–H and O–H groups in total. The molecule has 2 aliphatic rings. The summed E-state index contributed by atoms with van der Waals surface area (Å²) in [6.07, 6.45) is 3.86. The van der Waals surface area contributed by atoms with E-state index in [4.69, 9.17) is 9.47 Å². The van der Waals surface area contributed by atoms with Gasteiger partial charge in [-0.3, -0.25) is 14.4 Å². The monoisotopic (exact) mass is 471 g/mol. The minimum atomic E-state index is -0.902. The largest absolute Gasteiger partial charge is 0.454 e. The molecule has 1 aromatic heterocycles. The van der Waals surface area contributed by atoms with Crippen LogP contribution in [-0.4, -0.2) is 41.5 Å². The van der Waals surface area contributed by atoms with Crippen LogP contribution >= 0.6 is 11.3 Å². The highest BCUT2D eigenvalue weighted by molar-refractivity contribution is 7.10. The van der Waals surface area contributed by atoms with Gasteiger partial charge in [0.1, 0.15) is 6.04 Å². The molecule has 2 heterocycles. The number of carbonyl (C=O) groups is 3. The maximum absolute atomic E-state index is 13.4. The summed E-state index contributed by atoms with van der Waals surface area (Å²) in [6, 6.07) is 7.90. The summed E-state index contributed by atoms with van der Waals surface area (Å²) in [6.45, 7) is 4.06. The van der Waals surface area contributed by atoms with E-state index in [0.717, 1.165) is 31.2 Å². The van der Waals surface area contributed by atoms with Gasteiger partial charge in [0.15, 0.2) is 11.5 Å². The standard InChI is InChI=1S/C24H29N3O5S/c1-15(2)27(24(30)23(29)26-17-6-3-4-7-17)21(20-8-5-11-33-20)22(28)25-13-16-9-10-18-19(12-16)32-14-31-18/h5,8-12,15,17,21H,3-4,6-7,13-14H2,1-2H3,(H,25,28)(H,26,29). The molecule has 1 aliphatic carbocycles. The van der Waals surface area contributed by atoms with E-state index in [1.54, 1.807) is 6.07 Å². The number of thiophene rings is 1. The predicted octanol–water partition coefficient (Wildman–Crippen LogP) is 3.13. The van der Waals surface area contributed by atoms with Crippen molar-refractivity contribution in [1.82, 2.24) is 15.5 Å². The van der Waals surface area contributed by atoms with E-state index >= 15 is 0 Å². The lowest BCUT2D eigenvalue weighted by atomic mass is 10.1. The summed E-state index contributed by atoms with van der Waals surface area (Å²) in [5, 5.41) is 7.63. The Morgan fingerprint density at radius 3 is 2.58 bits per heavy atom. The van der Waals surface area contributed by atoms with Crippen LogP contribution in [0.25, 0.3) is 0 Å². The zero-order valence-corrected chi connectivity index (χ0v) is 19.7. The van der Waals surface area contributed by atoms with Gasteiger partial charge in [0.2, 0.25) is 12.7 Å². The highest BCUT2D eigenvalue weighted by atomic mass is 32.1. The summed E-state index contributed by atoms with van der Waals surface area (Å²) in [5.74, 6) is -0.370. The molecule has 0 bridgehead atoms. The lowest BCUT2D eigenvalue weighted by molar-refractivity contribution is -0.151. The topological polar surface area (TPSA) is 97.0 Å². The van der Waals surface area contributed by atoms with Crippen LogP contribution in [0.1, 0.15) is 56.0 Å². The number of rotatable bonds is 7. The van der Waals surface area contributed by atoms with Crippen molar-refractivity contribution in [2.75, 3.05) is 6.79 Å². The maximum Gasteiger partial charge on any atom is 0.313 e. The van der Waals surface area contributed by atoms with Gasteiger partial charge >= 0.3 is 11.8 Å². The lowest BCUT2D eigenvalue weighted by Gasteiger charge is -2.33. The fourth-order valence-corrected chi connectivity index (χ4v) is 5.08. The molecule has 2 aromatic rings. The molecule has 33 heavy (non-hydrogen) atoms. The number of hydrogen-bond donors (Lipinski definition) is 2. The summed E-state index contributed by atoms with van der Waals surface area (Å²) < 4.78 is 10.7. The normalized spacial score (nSPS) is 16.0. The van der Waals surface area contributed by atoms with Crippen molar-refractivity contribution in [2.24, 2.45) is 0 Å². The predicted molar refractivity (Wildman–Crippen MR) is 124 cm³/mol. The Bertz CT molecular complexity index is 1000. The van der Waals surface area contributed by atoms with Crippen molar-refractivity contribution in [3.05, 3.63) is 46.2 Å². The number of nitrogens with one attached hydrogen (secondary N) is 2. The van der Waals surface area contributed by atoms with Gasteiger partial charge in [-0.05, 0) is 55.8 Å². The Hall–Kier alpha value is -3.07. The van der Waals surface area contributed by atoms with Crippen molar-refractivity contribution in [3.63, 3.8) is 0 Å². The summed E-state index contributed by atoms with van der Waals surface area (Å²) in [4.78, 5) is 41.5. The second-order valence-electron chi connectivity index (χ2n) is 8.58. The third kappa shape index (κ3) is 5.30. The molecule has 1 aromatic carbocycles. The average Bonchev–Trinajstić information content (AvgIpc) is 3.57. The zero-order valence-electron chi connectivity index (χ0n) is 18.8. The van der Waals surface area contributed by atoms with Crippen molar-refractivity contribution >= 4 is 29.1 Å². The van der Waals surface area contributed by atoms with E-state index in [9.17, 15) is 14.4 Å². The summed E-state index contributed by atoms with van der Waals surface area (Å²) in [5.41, 5.74) is 0.846. The van der Waals surface area contributed by atoms with Crippen molar-refractivity contribution < 1.29 is 23.9 Å². The Morgan fingerprint density at radius 2 is 1.88 bits per heavy atom. The van der Waals surface area contributed by atoms with Gasteiger partial charge in [-0.1, -0.05) is 25.0 Å². The molecule has 0 saturated heterocycles.